The molecule has 0 amide bonds. The summed E-state index contributed by atoms with van der Waals surface area (Å²) in [5.74, 6) is -0.174. The maximum Gasteiger partial charge on any atom is 0.265 e. The van der Waals surface area contributed by atoms with Crippen LogP contribution in [0, 0.1) is 0 Å². The summed E-state index contributed by atoms with van der Waals surface area (Å²) in [6.45, 7) is 0.845. The lowest BCUT2D eigenvalue weighted by Crippen LogP contribution is -2.36. The topological polar surface area (TPSA) is 131 Å². The molecule has 0 saturated heterocycles. The van der Waals surface area contributed by atoms with Crippen LogP contribution in [-0.2, 0) is 26.8 Å². The molecule has 1 aliphatic rings. The molecule has 3 aromatic carbocycles. The van der Waals surface area contributed by atoms with Gasteiger partial charge in [0.15, 0.2) is 6.54 Å². The predicted octanol–water partition coefficient (Wildman–Crippen LogP) is 4.52. The smallest absolute Gasteiger partial charge is 0.265 e. The number of unbranched alkanes of at least 4 members (excludes halogenated alkanes) is 1. The van der Waals surface area contributed by atoms with Crippen molar-refractivity contribution in [2.45, 2.75) is 30.7 Å². The lowest BCUT2D eigenvalue weighted by molar-refractivity contribution is -0.667. The molecular formula is C27H27N2O7S4-. The van der Waals surface area contributed by atoms with Crippen molar-refractivity contribution in [3.63, 3.8) is 0 Å². The van der Waals surface area contributed by atoms with Crippen molar-refractivity contribution in [2.24, 2.45) is 0 Å². The maximum absolute atomic E-state index is 11.4. The zero-order chi connectivity index (χ0) is 28.5. The fourth-order valence-corrected chi connectivity index (χ4v) is 8.16. The van der Waals surface area contributed by atoms with Gasteiger partial charge in [0.05, 0.1) is 49.5 Å². The summed E-state index contributed by atoms with van der Waals surface area (Å²) in [5, 5.41) is 3.90. The first-order valence-corrected chi connectivity index (χ1v) is 17.4. The van der Waals surface area contributed by atoms with Crippen LogP contribution in [0.5, 0.6) is 5.75 Å². The van der Waals surface area contributed by atoms with Crippen LogP contribution in [-0.4, -0.2) is 51.1 Å². The molecule has 1 aromatic heterocycles. The van der Waals surface area contributed by atoms with E-state index in [4.69, 9.17) is 4.74 Å². The van der Waals surface area contributed by atoms with E-state index < -0.39 is 31.7 Å². The number of rotatable bonds is 11. The average molecular weight is 620 g/mol. The number of ether oxygens (including phenoxy) is 1. The van der Waals surface area contributed by atoms with Gasteiger partial charge in [0.1, 0.15) is 10.4 Å². The number of thiazole rings is 1. The third-order valence-corrected chi connectivity index (χ3v) is 10.4. The number of hydrogen-bond donors (Lipinski definition) is 0. The van der Waals surface area contributed by atoms with Crippen LogP contribution in [0.15, 0.2) is 64.5 Å². The fraction of sp³-hybridized carbons (Fsp3) is 0.296. The third-order valence-electron chi connectivity index (χ3n) is 6.60. The Morgan fingerprint density at radius 1 is 0.950 bits per heavy atom. The van der Waals surface area contributed by atoms with Gasteiger partial charge in [-0.15, -0.1) is 0 Å². The van der Waals surface area contributed by atoms with E-state index in [2.05, 4.69) is 15.5 Å². The number of methoxy groups -OCH3 is 1. The number of benzene rings is 3. The van der Waals surface area contributed by atoms with Gasteiger partial charge < -0.3 is 18.7 Å². The van der Waals surface area contributed by atoms with E-state index in [1.54, 1.807) is 30.2 Å². The second-order valence-corrected chi connectivity index (χ2v) is 14.6. The first kappa shape index (κ1) is 28.8. The molecule has 0 N–H and O–H groups in total. The minimum absolute atomic E-state index is 0.180. The highest BCUT2D eigenvalue weighted by Gasteiger charge is 2.29. The molecule has 0 fully saturated rings. The first-order valence-electron chi connectivity index (χ1n) is 12.6. The highest BCUT2D eigenvalue weighted by Crippen LogP contribution is 2.48. The van der Waals surface area contributed by atoms with E-state index in [0.29, 0.717) is 25.3 Å². The highest BCUT2D eigenvalue weighted by atomic mass is 32.2. The van der Waals surface area contributed by atoms with Gasteiger partial charge in [-0.3, -0.25) is 0 Å². The number of aromatic nitrogens is 1. The average Bonchev–Trinajstić information content (AvgIpc) is 3.42. The molecule has 2 heterocycles. The summed E-state index contributed by atoms with van der Waals surface area (Å²) in [6, 6.07) is 17.9. The first-order chi connectivity index (χ1) is 19.0. The van der Waals surface area contributed by atoms with Crippen molar-refractivity contribution in [1.82, 2.24) is 0 Å². The number of aryl methyl sites for hydroxylation is 1. The van der Waals surface area contributed by atoms with Crippen molar-refractivity contribution in [3.05, 3.63) is 64.6 Å². The van der Waals surface area contributed by atoms with Crippen LogP contribution in [0.2, 0.25) is 0 Å². The van der Waals surface area contributed by atoms with Gasteiger partial charge >= 0.3 is 0 Å². The molecule has 0 saturated carbocycles. The normalized spacial score (nSPS) is 14.9. The summed E-state index contributed by atoms with van der Waals surface area (Å²) in [4.78, 5) is 3.11. The number of thioether (sulfide) groups is 1. The van der Waals surface area contributed by atoms with Gasteiger partial charge in [-0.2, -0.15) is 4.57 Å². The van der Waals surface area contributed by atoms with Crippen LogP contribution in [0.25, 0.3) is 27.1 Å². The molecule has 0 spiro atoms. The zero-order valence-corrected chi connectivity index (χ0v) is 24.9. The molecule has 0 radical (unpaired) electrons. The van der Waals surface area contributed by atoms with Crippen molar-refractivity contribution in [1.29, 1.82) is 0 Å². The van der Waals surface area contributed by atoms with Crippen molar-refractivity contribution >= 4 is 76.1 Å². The summed E-state index contributed by atoms with van der Waals surface area (Å²) in [7, 11) is -7.04. The monoisotopic (exact) mass is 619 g/mol. The number of anilines is 1. The van der Waals surface area contributed by atoms with Gasteiger partial charge in [-0.05, 0) is 42.5 Å². The van der Waals surface area contributed by atoms with Gasteiger partial charge in [0.2, 0.25) is 5.52 Å². The molecule has 5 rings (SSSR count). The largest absolute Gasteiger partial charge is 0.748 e. The van der Waals surface area contributed by atoms with Gasteiger partial charge in [-0.1, -0.05) is 47.4 Å². The molecule has 13 heteroatoms. The molecule has 1 aliphatic heterocycles. The Kier molecular flexibility index (Phi) is 8.41. The zero-order valence-electron chi connectivity index (χ0n) is 21.6. The Morgan fingerprint density at radius 2 is 1.70 bits per heavy atom. The summed E-state index contributed by atoms with van der Waals surface area (Å²) in [6.07, 6.45) is 2.97. The van der Waals surface area contributed by atoms with Crippen molar-refractivity contribution < 1.29 is 35.2 Å². The van der Waals surface area contributed by atoms with Crippen LogP contribution < -0.4 is 14.2 Å². The minimum atomic E-state index is -4.35. The minimum Gasteiger partial charge on any atom is -0.748 e. The molecular weight excluding hydrogens is 593 g/mol. The standard InChI is InChI=1S/C27H28N2O7S4/c1-36-20-10-12-23-22(17-20)28(13-4-5-15-39(30,31)32)25(37-23)18-26-29(14-6-16-40(33,34)35)27-21-8-3-2-7-19(21)9-11-24(27)38-26/h2-3,7-12,17-18H,4-6,13-16H2,1H3,(H-,30,31,32,33,34,35)/p-1. The number of hydrogen-bond acceptors (Lipinski definition) is 10. The molecule has 0 unspecified atom stereocenters. The van der Waals surface area contributed by atoms with Gasteiger partial charge in [0, 0.05) is 35.4 Å². The van der Waals surface area contributed by atoms with Crippen LogP contribution in [0.4, 0.5) is 5.69 Å². The van der Waals surface area contributed by atoms with Crippen LogP contribution in [0.1, 0.15) is 24.3 Å². The number of fused-ring (bicyclic) bond motifs is 4. The lowest BCUT2D eigenvalue weighted by Gasteiger charge is -2.20. The molecule has 0 aliphatic carbocycles. The fourth-order valence-electron chi connectivity index (χ4n) is 4.80. The Labute approximate surface area is 241 Å². The summed E-state index contributed by atoms with van der Waals surface area (Å²) >= 11 is 3.15. The van der Waals surface area contributed by atoms with E-state index in [1.807, 2.05) is 54.6 Å². The van der Waals surface area contributed by atoms with Gasteiger partial charge in [-0.25, -0.2) is 16.8 Å². The highest BCUT2D eigenvalue weighted by molar-refractivity contribution is 8.04. The second-order valence-electron chi connectivity index (χ2n) is 9.38. The SMILES string of the molecule is COc1ccc2c(c1)N(CCCCS(=O)(=O)[O-])/C(=C/c1sc3ccc4ccccc4c3[n+]1CCCS(=O)(=O)[O-])S2. The van der Waals surface area contributed by atoms with Crippen LogP contribution >= 0.6 is 23.1 Å². The molecule has 212 valence electrons. The third kappa shape index (κ3) is 6.61. The van der Waals surface area contributed by atoms with E-state index in [0.717, 1.165) is 41.6 Å². The quantitative estimate of drug-likeness (QED) is 0.135. The molecule has 4 aromatic rings. The number of nitrogens with zero attached hydrogens (tertiary/aromatic N) is 2. The molecule has 0 atom stereocenters. The predicted molar refractivity (Wildman–Crippen MR) is 157 cm³/mol. The Morgan fingerprint density at radius 3 is 2.45 bits per heavy atom. The summed E-state index contributed by atoms with van der Waals surface area (Å²) in [5.41, 5.74) is 1.91. The van der Waals surface area contributed by atoms with E-state index in [-0.39, 0.29) is 12.8 Å². The van der Waals surface area contributed by atoms with Gasteiger partial charge in [0.25, 0.3) is 5.01 Å². The molecule has 9 nitrogen and oxygen atoms in total. The van der Waals surface area contributed by atoms with E-state index in [1.165, 1.54) is 0 Å². The van der Waals surface area contributed by atoms with Crippen molar-refractivity contribution in [2.75, 3.05) is 30.1 Å². The Hall–Kier alpha value is -2.68. The molecule has 40 heavy (non-hydrogen) atoms. The van der Waals surface area contributed by atoms with Crippen molar-refractivity contribution in [3.8, 4) is 5.75 Å². The van der Waals surface area contributed by atoms with E-state index >= 15 is 0 Å². The summed E-state index contributed by atoms with van der Waals surface area (Å²) < 4.78 is 76.0. The maximum atomic E-state index is 11.4. The Bertz CT molecular complexity index is 1820. The van der Waals surface area contributed by atoms with E-state index in [9.17, 15) is 25.9 Å². The molecule has 0 bridgehead atoms. The lowest BCUT2D eigenvalue weighted by atomic mass is 10.1. The second kappa shape index (κ2) is 11.7. The Balaban J connectivity index is 1.57. The van der Waals surface area contributed by atoms with Crippen LogP contribution in [0.3, 0.4) is 0 Å².